The quantitative estimate of drug-likeness (QED) is 0.595. The predicted octanol–water partition coefficient (Wildman–Crippen LogP) is 2.84. The first-order chi connectivity index (χ1) is 15.7. The van der Waals surface area contributed by atoms with Crippen molar-refractivity contribution in [2.75, 3.05) is 20.2 Å². The molecule has 1 N–H and O–H groups in total. The fourth-order valence-corrected chi connectivity index (χ4v) is 3.88. The highest BCUT2D eigenvalue weighted by Gasteiger charge is 2.40. The number of likely N-dealkylation sites (N-methyl/N-ethyl adjacent to an activating group) is 1. The largest absolute Gasteiger partial charge is 0.454 e. The van der Waals surface area contributed by atoms with E-state index in [0.717, 1.165) is 5.56 Å². The van der Waals surface area contributed by atoms with Gasteiger partial charge < -0.3 is 19.6 Å². The van der Waals surface area contributed by atoms with Gasteiger partial charge in [0.25, 0.3) is 5.91 Å². The molecule has 1 aliphatic rings. The second kappa shape index (κ2) is 11.0. The molecule has 0 aromatic heterocycles. The third-order valence-electron chi connectivity index (χ3n) is 5.34. The van der Waals surface area contributed by atoms with Crippen molar-refractivity contribution in [3.8, 4) is 0 Å². The Bertz CT molecular complexity index is 1050. The molecule has 0 spiro atoms. The number of likely N-dealkylation sites (tertiary alicyclic amines) is 1. The number of rotatable bonds is 7. The van der Waals surface area contributed by atoms with Gasteiger partial charge in [0.1, 0.15) is 11.9 Å². The zero-order chi connectivity index (χ0) is 24.1. The lowest BCUT2D eigenvalue weighted by Crippen LogP contribution is -2.43. The van der Waals surface area contributed by atoms with E-state index in [1.165, 1.54) is 28.0 Å². The van der Waals surface area contributed by atoms with Gasteiger partial charge in [-0.25, -0.2) is 9.18 Å². The Balaban J connectivity index is 1.56. The average molecular weight is 497 g/mol. The molecule has 10 heteroatoms. The minimum Gasteiger partial charge on any atom is -0.454 e. The van der Waals surface area contributed by atoms with Gasteiger partial charge in [-0.15, -0.1) is 0 Å². The fourth-order valence-electron chi connectivity index (χ4n) is 3.56. The standard InChI is InChI=1S/C23H23Cl2FN2O5/c1-27(11-14-6-7-17(24)18(25)8-14)22(31)13-33-23(32)20-10-16(29)12-28(20)21(30)9-15-4-2-3-5-19(15)26/h2-8,16,20,29H,9-13H2,1H3. The summed E-state index contributed by atoms with van der Waals surface area (Å²) in [6.07, 6.45) is -1.19. The highest BCUT2D eigenvalue weighted by Crippen LogP contribution is 2.24. The molecule has 0 saturated carbocycles. The van der Waals surface area contributed by atoms with E-state index >= 15 is 0 Å². The summed E-state index contributed by atoms with van der Waals surface area (Å²) in [6, 6.07) is 9.78. The number of esters is 1. The summed E-state index contributed by atoms with van der Waals surface area (Å²) < 4.78 is 19.0. The van der Waals surface area contributed by atoms with Crippen LogP contribution in [-0.2, 0) is 32.1 Å². The maximum atomic E-state index is 13.9. The molecular weight excluding hydrogens is 474 g/mol. The normalized spacial score (nSPS) is 17.7. The van der Waals surface area contributed by atoms with Crippen LogP contribution in [0.5, 0.6) is 0 Å². The van der Waals surface area contributed by atoms with Gasteiger partial charge in [-0.2, -0.15) is 0 Å². The molecular formula is C23H23Cl2FN2O5. The van der Waals surface area contributed by atoms with Crippen molar-refractivity contribution in [3.63, 3.8) is 0 Å². The fraction of sp³-hybridized carbons (Fsp3) is 0.348. The summed E-state index contributed by atoms with van der Waals surface area (Å²) in [5, 5.41) is 10.8. The first kappa shape index (κ1) is 25.0. The van der Waals surface area contributed by atoms with Crippen LogP contribution in [-0.4, -0.2) is 65.0 Å². The lowest BCUT2D eigenvalue weighted by atomic mass is 10.1. The number of aliphatic hydroxyl groups excluding tert-OH is 1. The Kier molecular flexibility index (Phi) is 8.29. The summed E-state index contributed by atoms with van der Waals surface area (Å²) in [6.45, 7) is -0.376. The number of halogens is 3. The van der Waals surface area contributed by atoms with Crippen LogP contribution < -0.4 is 0 Å². The molecule has 33 heavy (non-hydrogen) atoms. The molecule has 0 bridgehead atoms. The Morgan fingerprint density at radius 2 is 1.91 bits per heavy atom. The van der Waals surface area contributed by atoms with E-state index < -0.39 is 42.4 Å². The number of carbonyl (C=O) groups is 3. The van der Waals surface area contributed by atoms with Crippen LogP contribution in [0.2, 0.25) is 10.0 Å². The molecule has 2 unspecified atom stereocenters. The summed E-state index contributed by atoms with van der Waals surface area (Å²) >= 11 is 11.9. The molecule has 2 aromatic rings. The minimum atomic E-state index is -1.05. The molecule has 7 nitrogen and oxygen atoms in total. The highest BCUT2D eigenvalue weighted by molar-refractivity contribution is 6.42. The number of ether oxygens (including phenoxy) is 1. The number of hydrogen-bond acceptors (Lipinski definition) is 5. The molecule has 0 radical (unpaired) electrons. The maximum absolute atomic E-state index is 13.9. The Labute approximate surface area is 200 Å². The number of benzene rings is 2. The Morgan fingerprint density at radius 3 is 2.61 bits per heavy atom. The molecule has 1 fully saturated rings. The Morgan fingerprint density at radius 1 is 1.18 bits per heavy atom. The first-order valence-corrected chi connectivity index (χ1v) is 11.0. The molecule has 3 rings (SSSR count). The average Bonchev–Trinajstić information content (AvgIpc) is 3.18. The molecule has 1 aliphatic heterocycles. The summed E-state index contributed by atoms with van der Waals surface area (Å²) in [5.41, 5.74) is 0.936. The number of nitrogens with zero attached hydrogens (tertiary/aromatic N) is 2. The van der Waals surface area contributed by atoms with Gasteiger partial charge in [0, 0.05) is 26.6 Å². The third-order valence-corrected chi connectivity index (χ3v) is 6.08. The molecule has 2 aromatic carbocycles. The third kappa shape index (κ3) is 6.43. The van der Waals surface area contributed by atoms with Crippen LogP contribution in [0, 0.1) is 5.82 Å². The van der Waals surface area contributed by atoms with Crippen molar-refractivity contribution in [1.29, 1.82) is 0 Å². The number of carbonyl (C=O) groups excluding carboxylic acids is 3. The Hall–Kier alpha value is -2.68. The van der Waals surface area contributed by atoms with Gasteiger partial charge in [-0.05, 0) is 29.3 Å². The molecule has 0 aliphatic carbocycles. The van der Waals surface area contributed by atoms with Gasteiger partial charge in [-0.3, -0.25) is 9.59 Å². The van der Waals surface area contributed by atoms with Crippen LogP contribution in [0.3, 0.4) is 0 Å². The number of β-amino-alcohol motifs (C(OH)–C–C–N with tert-alkyl or cyclic N) is 1. The van der Waals surface area contributed by atoms with Gasteiger partial charge in [0.15, 0.2) is 6.61 Å². The summed E-state index contributed by atoms with van der Waals surface area (Å²) in [7, 11) is 1.54. The smallest absolute Gasteiger partial charge is 0.329 e. The second-order valence-electron chi connectivity index (χ2n) is 7.83. The van der Waals surface area contributed by atoms with E-state index in [1.807, 2.05) is 0 Å². The zero-order valence-electron chi connectivity index (χ0n) is 17.8. The second-order valence-corrected chi connectivity index (χ2v) is 8.64. The van der Waals surface area contributed by atoms with Crippen LogP contribution in [0.15, 0.2) is 42.5 Å². The van der Waals surface area contributed by atoms with Gasteiger partial charge in [-0.1, -0.05) is 47.5 Å². The van der Waals surface area contributed by atoms with Gasteiger partial charge in [0.2, 0.25) is 5.91 Å². The van der Waals surface area contributed by atoms with Crippen molar-refractivity contribution in [3.05, 3.63) is 69.5 Å². The van der Waals surface area contributed by atoms with Crippen molar-refractivity contribution in [1.82, 2.24) is 9.80 Å². The number of aliphatic hydroxyl groups is 1. The maximum Gasteiger partial charge on any atom is 0.329 e. The van der Waals surface area contributed by atoms with Gasteiger partial charge >= 0.3 is 5.97 Å². The number of hydrogen-bond donors (Lipinski definition) is 1. The topological polar surface area (TPSA) is 87.2 Å². The van der Waals surface area contributed by atoms with E-state index in [9.17, 15) is 23.9 Å². The van der Waals surface area contributed by atoms with Crippen molar-refractivity contribution in [2.24, 2.45) is 0 Å². The summed E-state index contributed by atoms with van der Waals surface area (Å²) in [4.78, 5) is 40.2. The zero-order valence-corrected chi connectivity index (χ0v) is 19.4. The molecule has 1 heterocycles. The predicted molar refractivity (Wildman–Crippen MR) is 120 cm³/mol. The van der Waals surface area contributed by atoms with Crippen molar-refractivity contribution >= 4 is 41.0 Å². The van der Waals surface area contributed by atoms with Crippen molar-refractivity contribution in [2.45, 2.75) is 31.5 Å². The van der Waals surface area contributed by atoms with Crippen LogP contribution in [0.4, 0.5) is 4.39 Å². The SMILES string of the molecule is CN(Cc1ccc(Cl)c(Cl)c1)C(=O)COC(=O)C1CC(O)CN1C(=O)Cc1ccccc1F. The lowest BCUT2D eigenvalue weighted by Gasteiger charge is -2.24. The first-order valence-electron chi connectivity index (χ1n) is 10.2. The van der Waals surface area contributed by atoms with E-state index in [0.29, 0.717) is 10.0 Å². The van der Waals surface area contributed by atoms with Gasteiger partial charge in [0.05, 0.1) is 22.6 Å². The van der Waals surface area contributed by atoms with Crippen LogP contribution in [0.25, 0.3) is 0 Å². The van der Waals surface area contributed by atoms with E-state index in [-0.39, 0.29) is 31.5 Å². The van der Waals surface area contributed by atoms with E-state index in [4.69, 9.17) is 27.9 Å². The summed E-state index contributed by atoms with van der Waals surface area (Å²) in [5.74, 6) is -2.30. The van der Waals surface area contributed by atoms with E-state index in [2.05, 4.69) is 0 Å². The molecule has 1 saturated heterocycles. The monoisotopic (exact) mass is 496 g/mol. The van der Waals surface area contributed by atoms with Crippen molar-refractivity contribution < 1.29 is 28.6 Å². The molecule has 2 atom stereocenters. The lowest BCUT2D eigenvalue weighted by molar-refractivity contribution is -0.157. The van der Waals surface area contributed by atoms with Crippen LogP contribution in [0.1, 0.15) is 17.5 Å². The molecule has 2 amide bonds. The van der Waals surface area contributed by atoms with E-state index in [1.54, 1.807) is 31.3 Å². The highest BCUT2D eigenvalue weighted by atomic mass is 35.5. The van der Waals surface area contributed by atoms with Crippen LogP contribution >= 0.6 is 23.2 Å². The molecule has 176 valence electrons. The number of amides is 2. The minimum absolute atomic E-state index is 0.0187.